The zero-order valence-corrected chi connectivity index (χ0v) is 11.6. The molecular formula is C14H21N3O2. The predicted octanol–water partition coefficient (Wildman–Crippen LogP) is 1.39. The summed E-state index contributed by atoms with van der Waals surface area (Å²) in [6.45, 7) is 4.34. The Labute approximate surface area is 113 Å². The van der Waals surface area contributed by atoms with Gasteiger partial charge in [-0.05, 0) is 23.5 Å². The molecule has 0 aromatic heterocycles. The summed E-state index contributed by atoms with van der Waals surface area (Å²) in [6.07, 6.45) is 1.27. The van der Waals surface area contributed by atoms with Gasteiger partial charge in [-0.1, -0.05) is 38.1 Å². The molecule has 0 spiro atoms. The average molecular weight is 263 g/mol. The lowest BCUT2D eigenvalue weighted by atomic mass is 10.0. The van der Waals surface area contributed by atoms with Crippen LogP contribution in [0.5, 0.6) is 0 Å². The van der Waals surface area contributed by atoms with Crippen molar-refractivity contribution in [2.45, 2.75) is 26.7 Å². The van der Waals surface area contributed by atoms with Crippen LogP contribution in [-0.4, -0.2) is 19.0 Å². The highest BCUT2D eigenvalue weighted by Gasteiger charge is 2.05. The van der Waals surface area contributed by atoms with E-state index in [-0.39, 0.29) is 12.3 Å². The van der Waals surface area contributed by atoms with Gasteiger partial charge in [0.15, 0.2) is 0 Å². The molecule has 0 radical (unpaired) electrons. The first-order valence-electron chi connectivity index (χ1n) is 6.35. The first-order valence-corrected chi connectivity index (χ1v) is 6.35. The fraction of sp³-hybridized carbons (Fsp3) is 0.429. The summed E-state index contributed by atoms with van der Waals surface area (Å²) in [4.78, 5) is 22.4. The molecule has 1 aromatic rings. The Hall–Kier alpha value is -2.04. The van der Waals surface area contributed by atoms with Crippen molar-refractivity contribution in [1.82, 2.24) is 16.2 Å². The summed E-state index contributed by atoms with van der Waals surface area (Å²) >= 11 is 0. The van der Waals surface area contributed by atoms with Crippen LogP contribution >= 0.6 is 0 Å². The minimum absolute atomic E-state index is 0.242. The zero-order valence-electron chi connectivity index (χ0n) is 11.6. The van der Waals surface area contributed by atoms with Crippen molar-refractivity contribution in [2.24, 2.45) is 5.92 Å². The van der Waals surface area contributed by atoms with Crippen molar-refractivity contribution < 1.29 is 9.59 Å². The van der Waals surface area contributed by atoms with E-state index in [0.717, 1.165) is 12.0 Å². The minimum atomic E-state index is -0.444. The molecule has 0 bridgehead atoms. The Kier molecular flexibility index (Phi) is 5.85. The van der Waals surface area contributed by atoms with Gasteiger partial charge in [0.25, 0.3) is 0 Å². The van der Waals surface area contributed by atoms with Gasteiger partial charge < -0.3 is 5.32 Å². The van der Waals surface area contributed by atoms with Crippen LogP contribution in [0.15, 0.2) is 24.3 Å². The summed E-state index contributed by atoms with van der Waals surface area (Å²) in [7, 11) is 1.48. The molecule has 0 unspecified atom stereocenters. The molecule has 0 atom stereocenters. The molecule has 104 valence electrons. The molecule has 0 heterocycles. The highest BCUT2D eigenvalue weighted by Crippen LogP contribution is 2.10. The van der Waals surface area contributed by atoms with E-state index in [1.807, 2.05) is 24.3 Å². The summed E-state index contributed by atoms with van der Waals surface area (Å²) in [6, 6.07) is 7.51. The van der Waals surface area contributed by atoms with Gasteiger partial charge in [-0.3, -0.25) is 10.2 Å². The number of carbonyl (C=O) groups excluding carboxylic acids is 2. The molecule has 0 fully saturated rings. The smallest absolute Gasteiger partial charge is 0.333 e. The van der Waals surface area contributed by atoms with Crippen LogP contribution in [0, 0.1) is 5.92 Å². The number of rotatable bonds is 4. The van der Waals surface area contributed by atoms with E-state index in [4.69, 9.17) is 0 Å². The van der Waals surface area contributed by atoms with Crippen LogP contribution in [0.3, 0.4) is 0 Å². The highest BCUT2D eigenvalue weighted by atomic mass is 16.2. The third-order valence-electron chi connectivity index (χ3n) is 2.57. The quantitative estimate of drug-likeness (QED) is 0.718. The summed E-state index contributed by atoms with van der Waals surface area (Å²) in [5.74, 6) is 0.367. The number of benzene rings is 1. The SMILES string of the molecule is CNC(=O)NNC(=O)Cc1ccc(CC(C)C)cc1. The summed E-state index contributed by atoms with van der Waals surface area (Å²) in [5.41, 5.74) is 6.75. The number of carbonyl (C=O) groups is 2. The van der Waals surface area contributed by atoms with Crippen molar-refractivity contribution in [3.63, 3.8) is 0 Å². The lowest BCUT2D eigenvalue weighted by molar-refractivity contribution is -0.121. The lowest BCUT2D eigenvalue weighted by Gasteiger charge is -2.08. The number of hydrazine groups is 1. The molecule has 1 aromatic carbocycles. The molecule has 0 saturated carbocycles. The molecule has 5 heteroatoms. The van der Waals surface area contributed by atoms with E-state index in [0.29, 0.717) is 5.92 Å². The van der Waals surface area contributed by atoms with E-state index in [2.05, 4.69) is 30.0 Å². The fourth-order valence-electron chi connectivity index (χ4n) is 1.68. The van der Waals surface area contributed by atoms with Gasteiger partial charge in [0.2, 0.25) is 5.91 Å². The Morgan fingerprint density at radius 2 is 1.63 bits per heavy atom. The van der Waals surface area contributed by atoms with Crippen molar-refractivity contribution in [2.75, 3.05) is 7.05 Å². The van der Waals surface area contributed by atoms with Crippen LogP contribution in [0.25, 0.3) is 0 Å². The van der Waals surface area contributed by atoms with Crippen LogP contribution in [0.4, 0.5) is 4.79 Å². The monoisotopic (exact) mass is 263 g/mol. The maximum atomic E-state index is 11.5. The van der Waals surface area contributed by atoms with Crippen molar-refractivity contribution >= 4 is 11.9 Å². The maximum Gasteiger partial charge on any atom is 0.333 e. The molecule has 5 nitrogen and oxygen atoms in total. The highest BCUT2D eigenvalue weighted by molar-refractivity contribution is 5.82. The summed E-state index contributed by atoms with van der Waals surface area (Å²) in [5, 5.41) is 2.35. The van der Waals surface area contributed by atoms with Crippen molar-refractivity contribution in [3.8, 4) is 0 Å². The van der Waals surface area contributed by atoms with E-state index >= 15 is 0 Å². The average Bonchev–Trinajstić information content (AvgIpc) is 2.37. The van der Waals surface area contributed by atoms with Crippen LogP contribution in [-0.2, 0) is 17.6 Å². The van der Waals surface area contributed by atoms with E-state index in [1.165, 1.54) is 12.6 Å². The van der Waals surface area contributed by atoms with Crippen LogP contribution in [0.2, 0.25) is 0 Å². The second kappa shape index (κ2) is 7.41. The topological polar surface area (TPSA) is 70.2 Å². The van der Waals surface area contributed by atoms with Gasteiger partial charge in [0.1, 0.15) is 0 Å². The Morgan fingerprint density at radius 3 is 2.16 bits per heavy atom. The number of amides is 3. The first-order chi connectivity index (χ1) is 9.01. The van der Waals surface area contributed by atoms with Gasteiger partial charge in [-0.2, -0.15) is 0 Å². The number of hydrogen-bond donors (Lipinski definition) is 3. The normalized spacial score (nSPS) is 10.1. The van der Waals surface area contributed by atoms with Gasteiger partial charge >= 0.3 is 6.03 Å². The largest absolute Gasteiger partial charge is 0.340 e. The standard InChI is InChI=1S/C14H21N3O2/c1-10(2)8-11-4-6-12(7-5-11)9-13(18)16-17-14(19)15-3/h4-7,10H,8-9H2,1-3H3,(H,16,18)(H2,15,17,19). The van der Waals surface area contributed by atoms with Crippen LogP contribution < -0.4 is 16.2 Å². The van der Waals surface area contributed by atoms with Gasteiger partial charge in [0, 0.05) is 7.05 Å². The number of urea groups is 1. The van der Waals surface area contributed by atoms with Gasteiger partial charge in [-0.25, -0.2) is 10.2 Å². The molecule has 3 amide bonds. The Balaban J connectivity index is 2.44. The second-order valence-electron chi connectivity index (χ2n) is 4.84. The molecule has 1 rings (SSSR count). The Morgan fingerprint density at radius 1 is 1.05 bits per heavy atom. The molecule has 0 aliphatic heterocycles. The maximum absolute atomic E-state index is 11.5. The predicted molar refractivity (Wildman–Crippen MR) is 74.4 cm³/mol. The summed E-state index contributed by atoms with van der Waals surface area (Å²) < 4.78 is 0. The molecule has 3 N–H and O–H groups in total. The van der Waals surface area contributed by atoms with Crippen molar-refractivity contribution in [3.05, 3.63) is 35.4 Å². The third-order valence-corrected chi connectivity index (χ3v) is 2.57. The first kappa shape index (κ1) is 15.0. The molecule has 0 aliphatic rings. The second-order valence-corrected chi connectivity index (χ2v) is 4.84. The minimum Gasteiger partial charge on any atom is -0.340 e. The number of nitrogens with one attached hydrogen (secondary N) is 3. The van der Waals surface area contributed by atoms with Gasteiger partial charge in [-0.15, -0.1) is 0 Å². The van der Waals surface area contributed by atoms with Crippen LogP contribution in [0.1, 0.15) is 25.0 Å². The number of hydrogen-bond acceptors (Lipinski definition) is 2. The molecule has 19 heavy (non-hydrogen) atoms. The Bertz CT molecular complexity index is 427. The van der Waals surface area contributed by atoms with E-state index < -0.39 is 6.03 Å². The van der Waals surface area contributed by atoms with Crippen molar-refractivity contribution in [1.29, 1.82) is 0 Å². The molecule has 0 saturated heterocycles. The molecule has 0 aliphatic carbocycles. The fourth-order valence-corrected chi connectivity index (χ4v) is 1.68. The zero-order chi connectivity index (χ0) is 14.3. The lowest BCUT2D eigenvalue weighted by Crippen LogP contribution is -2.46. The van der Waals surface area contributed by atoms with Gasteiger partial charge in [0.05, 0.1) is 6.42 Å². The molecular weight excluding hydrogens is 242 g/mol. The van der Waals surface area contributed by atoms with E-state index in [9.17, 15) is 9.59 Å². The third kappa shape index (κ3) is 5.90. The van der Waals surface area contributed by atoms with E-state index in [1.54, 1.807) is 0 Å².